The summed E-state index contributed by atoms with van der Waals surface area (Å²) < 4.78 is 7.46. The first-order chi connectivity index (χ1) is 14.5. The number of hydrogen-bond acceptors (Lipinski definition) is 4. The summed E-state index contributed by atoms with van der Waals surface area (Å²) in [4.78, 5) is 39.2. The molecule has 0 saturated heterocycles. The minimum Gasteiger partial charge on any atom is -0.497 e. The van der Waals surface area contributed by atoms with Gasteiger partial charge in [-0.3, -0.25) is 14.2 Å². The predicted molar refractivity (Wildman–Crippen MR) is 116 cm³/mol. The Hall–Kier alpha value is -3.64. The summed E-state index contributed by atoms with van der Waals surface area (Å²) in [6.07, 6.45) is 0. The fraction of sp³-hybridized carbons (Fsp3) is 0.0870. The Kier molecular flexibility index (Phi) is 5.25. The number of para-hydroxylation sites is 1. The summed E-state index contributed by atoms with van der Waals surface area (Å²) >= 11 is 6.06. The smallest absolute Gasteiger partial charge is 0.336 e. The lowest BCUT2D eigenvalue weighted by molar-refractivity contribution is 0.0971. The summed E-state index contributed by atoms with van der Waals surface area (Å²) in [5.74, 6) is 0.366. The molecule has 0 saturated carbocycles. The molecular formula is C23H17ClN2O4. The molecule has 0 aliphatic heterocycles. The Morgan fingerprint density at radius 3 is 2.40 bits per heavy atom. The van der Waals surface area contributed by atoms with Crippen LogP contribution in [0.4, 0.5) is 0 Å². The number of fused-ring (bicyclic) bond motifs is 1. The third kappa shape index (κ3) is 3.53. The van der Waals surface area contributed by atoms with Gasteiger partial charge >= 0.3 is 5.69 Å². The van der Waals surface area contributed by atoms with E-state index in [4.69, 9.17) is 16.3 Å². The van der Waals surface area contributed by atoms with Gasteiger partial charge in [0, 0.05) is 10.6 Å². The second-order valence-corrected chi connectivity index (χ2v) is 7.09. The molecule has 0 spiro atoms. The van der Waals surface area contributed by atoms with Crippen molar-refractivity contribution in [2.75, 3.05) is 7.11 Å². The summed E-state index contributed by atoms with van der Waals surface area (Å²) in [6, 6.07) is 19.8. The van der Waals surface area contributed by atoms with E-state index in [-0.39, 0.29) is 12.3 Å². The van der Waals surface area contributed by atoms with Crippen molar-refractivity contribution in [2.24, 2.45) is 0 Å². The highest BCUT2D eigenvalue weighted by molar-refractivity contribution is 6.30. The zero-order valence-corrected chi connectivity index (χ0v) is 16.8. The molecule has 1 aromatic heterocycles. The zero-order chi connectivity index (χ0) is 21.3. The van der Waals surface area contributed by atoms with Crippen LogP contribution in [0, 0.1) is 0 Å². The molecule has 0 bridgehead atoms. The molecule has 150 valence electrons. The van der Waals surface area contributed by atoms with Crippen molar-refractivity contribution in [1.29, 1.82) is 0 Å². The maximum Gasteiger partial charge on any atom is 0.336 e. The van der Waals surface area contributed by atoms with Crippen molar-refractivity contribution in [2.45, 2.75) is 6.54 Å². The van der Waals surface area contributed by atoms with E-state index in [0.717, 1.165) is 4.57 Å². The number of benzene rings is 3. The number of ether oxygens (including phenoxy) is 1. The molecule has 1 heterocycles. The van der Waals surface area contributed by atoms with Gasteiger partial charge in [0.25, 0.3) is 5.56 Å². The van der Waals surface area contributed by atoms with Gasteiger partial charge in [0.05, 0.1) is 30.2 Å². The molecule has 0 aliphatic carbocycles. The zero-order valence-electron chi connectivity index (χ0n) is 16.0. The first-order valence-electron chi connectivity index (χ1n) is 9.17. The minimum atomic E-state index is -0.608. The van der Waals surface area contributed by atoms with Crippen LogP contribution in [0.5, 0.6) is 5.75 Å². The third-order valence-corrected chi connectivity index (χ3v) is 5.07. The molecule has 4 rings (SSSR count). The number of carbonyl (C=O) groups excluding carboxylic acids is 1. The van der Waals surface area contributed by atoms with Crippen molar-refractivity contribution in [3.8, 4) is 11.4 Å². The normalized spacial score (nSPS) is 10.9. The number of rotatable bonds is 5. The van der Waals surface area contributed by atoms with Crippen LogP contribution in [0.3, 0.4) is 0 Å². The van der Waals surface area contributed by atoms with Crippen LogP contribution in [0.2, 0.25) is 5.02 Å². The highest BCUT2D eigenvalue weighted by atomic mass is 35.5. The molecule has 0 amide bonds. The van der Waals surface area contributed by atoms with Gasteiger partial charge in [-0.25, -0.2) is 9.36 Å². The minimum absolute atomic E-state index is 0.216. The van der Waals surface area contributed by atoms with Crippen LogP contribution in [-0.4, -0.2) is 22.0 Å². The number of methoxy groups -OCH3 is 1. The number of halogens is 1. The van der Waals surface area contributed by atoms with Gasteiger partial charge in [-0.15, -0.1) is 0 Å². The Morgan fingerprint density at radius 2 is 1.70 bits per heavy atom. The highest BCUT2D eigenvalue weighted by Gasteiger charge is 2.17. The first kappa shape index (κ1) is 19.7. The SMILES string of the molecule is COc1ccc(C(=O)Cn2c(=O)n(-c3cccc(Cl)c3)c(=O)c3ccccc32)cc1. The Labute approximate surface area is 176 Å². The Bertz CT molecular complexity index is 1370. The van der Waals surface area contributed by atoms with Gasteiger partial charge in [0.1, 0.15) is 5.75 Å². The molecule has 0 unspecified atom stereocenters. The number of carbonyl (C=O) groups is 1. The van der Waals surface area contributed by atoms with E-state index in [1.807, 2.05) is 0 Å². The second-order valence-electron chi connectivity index (χ2n) is 6.66. The number of nitrogens with zero attached hydrogens (tertiary/aromatic N) is 2. The van der Waals surface area contributed by atoms with Gasteiger partial charge in [-0.05, 0) is 54.6 Å². The van der Waals surface area contributed by atoms with Crippen LogP contribution in [-0.2, 0) is 6.54 Å². The maximum absolute atomic E-state index is 13.3. The number of aromatic nitrogens is 2. The molecule has 30 heavy (non-hydrogen) atoms. The number of ketones is 1. The summed E-state index contributed by atoms with van der Waals surface area (Å²) in [5.41, 5.74) is 0.0997. The molecule has 0 radical (unpaired) electrons. The fourth-order valence-electron chi connectivity index (χ4n) is 3.33. The van der Waals surface area contributed by atoms with E-state index < -0.39 is 11.2 Å². The van der Waals surface area contributed by atoms with E-state index >= 15 is 0 Å². The molecule has 3 aromatic carbocycles. The van der Waals surface area contributed by atoms with Gasteiger partial charge in [-0.2, -0.15) is 0 Å². The molecular weight excluding hydrogens is 404 g/mol. The topological polar surface area (TPSA) is 70.3 Å². The Balaban J connectivity index is 1.89. The Morgan fingerprint density at radius 1 is 0.967 bits per heavy atom. The molecule has 0 atom stereocenters. The van der Waals surface area contributed by atoms with Crippen LogP contribution in [0.1, 0.15) is 10.4 Å². The van der Waals surface area contributed by atoms with E-state index in [2.05, 4.69) is 0 Å². The van der Waals surface area contributed by atoms with E-state index in [1.54, 1.807) is 73.8 Å². The van der Waals surface area contributed by atoms with E-state index in [9.17, 15) is 14.4 Å². The average molecular weight is 421 g/mol. The monoisotopic (exact) mass is 420 g/mol. The standard InChI is InChI=1S/C23H17ClN2O4/c1-30-18-11-9-15(10-12-18)21(27)14-25-20-8-3-2-7-19(20)22(28)26(23(25)29)17-6-4-5-16(24)13-17/h2-13H,14H2,1H3. The van der Waals surface area contributed by atoms with Crippen LogP contribution in [0.25, 0.3) is 16.6 Å². The lowest BCUT2D eigenvalue weighted by atomic mass is 10.1. The lowest BCUT2D eigenvalue weighted by Crippen LogP contribution is -2.40. The van der Waals surface area contributed by atoms with Gasteiger partial charge in [0.2, 0.25) is 0 Å². The van der Waals surface area contributed by atoms with E-state index in [0.29, 0.717) is 32.9 Å². The number of hydrogen-bond donors (Lipinski definition) is 0. The molecule has 0 aliphatic rings. The third-order valence-electron chi connectivity index (χ3n) is 4.83. The molecule has 7 heteroatoms. The van der Waals surface area contributed by atoms with Crippen LogP contribution < -0.4 is 16.0 Å². The van der Waals surface area contributed by atoms with Gasteiger partial charge in [-0.1, -0.05) is 29.8 Å². The highest BCUT2D eigenvalue weighted by Crippen LogP contribution is 2.16. The lowest BCUT2D eigenvalue weighted by Gasteiger charge is -2.14. The fourth-order valence-corrected chi connectivity index (χ4v) is 3.51. The average Bonchev–Trinajstić information content (AvgIpc) is 2.77. The summed E-state index contributed by atoms with van der Waals surface area (Å²) in [6.45, 7) is -0.216. The van der Waals surface area contributed by atoms with Crippen LogP contribution >= 0.6 is 11.6 Å². The van der Waals surface area contributed by atoms with Crippen molar-refractivity contribution in [3.05, 3.63) is 104 Å². The summed E-state index contributed by atoms with van der Waals surface area (Å²) in [7, 11) is 1.54. The summed E-state index contributed by atoms with van der Waals surface area (Å²) in [5, 5.41) is 0.729. The van der Waals surface area contributed by atoms with Gasteiger partial charge < -0.3 is 4.74 Å². The first-order valence-corrected chi connectivity index (χ1v) is 9.55. The second kappa shape index (κ2) is 8.00. The molecule has 0 N–H and O–H groups in total. The molecule has 0 fully saturated rings. The van der Waals surface area contributed by atoms with Crippen molar-refractivity contribution < 1.29 is 9.53 Å². The van der Waals surface area contributed by atoms with Crippen molar-refractivity contribution in [3.63, 3.8) is 0 Å². The molecule has 6 nitrogen and oxygen atoms in total. The quantitative estimate of drug-likeness (QED) is 0.462. The number of Topliss-reactive ketones (excluding diaryl/α,β-unsaturated/α-hetero) is 1. The largest absolute Gasteiger partial charge is 0.497 e. The van der Waals surface area contributed by atoms with Crippen molar-refractivity contribution in [1.82, 2.24) is 9.13 Å². The predicted octanol–water partition coefficient (Wildman–Crippen LogP) is 3.70. The van der Waals surface area contributed by atoms with E-state index in [1.165, 1.54) is 10.6 Å². The van der Waals surface area contributed by atoms with Gasteiger partial charge in [0.15, 0.2) is 5.78 Å². The molecule has 4 aromatic rings. The maximum atomic E-state index is 13.3. The van der Waals surface area contributed by atoms with Crippen molar-refractivity contribution >= 4 is 28.3 Å². The van der Waals surface area contributed by atoms with Crippen LogP contribution in [0.15, 0.2) is 82.4 Å².